The number of piperidine rings is 1. The van der Waals surface area contributed by atoms with E-state index in [9.17, 15) is 9.59 Å². The molecule has 0 bridgehead atoms. The molecular weight excluding hydrogens is 452 g/mol. The molecule has 1 saturated heterocycles. The standard InChI is InChI=1S/C29H34N4O3/c1-29(2,3)36-28(35)31-16-14-22(15-17-31)26-25(19-30-33(26)24-11-5-4-6-12-24)27(34)32-18-13-21-9-7-8-10-23(21)20-32/h4-12,19,22H,13-18,20H2,1-3H3. The first-order chi connectivity index (χ1) is 17.3. The Kier molecular flexibility index (Phi) is 6.56. The molecule has 0 N–H and O–H groups in total. The Morgan fingerprint density at radius 2 is 1.56 bits per heavy atom. The van der Waals surface area contributed by atoms with E-state index in [0.29, 0.717) is 31.7 Å². The van der Waals surface area contributed by atoms with Gasteiger partial charge in [-0.15, -0.1) is 0 Å². The number of hydrogen-bond acceptors (Lipinski definition) is 4. The highest BCUT2D eigenvalue weighted by Crippen LogP contribution is 2.34. The monoisotopic (exact) mass is 486 g/mol. The van der Waals surface area contributed by atoms with Crippen molar-refractivity contribution >= 4 is 12.0 Å². The van der Waals surface area contributed by atoms with Crippen LogP contribution in [0.3, 0.4) is 0 Å². The molecule has 1 aromatic heterocycles. The fraction of sp³-hybridized carbons (Fsp3) is 0.414. The van der Waals surface area contributed by atoms with Crippen molar-refractivity contribution in [2.45, 2.75) is 58.1 Å². The highest BCUT2D eigenvalue weighted by Gasteiger charge is 2.33. The maximum absolute atomic E-state index is 13.8. The molecule has 0 unspecified atom stereocenters. The van der Waals surface area contributed by atoms with E-state index in [-0.39, 0.29) is 17.9 Å². The molecule has 7 heteroatoms. The summed E-state index contributed by atoms with van der Waals surface area (Å²) < 4.78 is 7.49. The van der Waals surface area contributed by atoms with Gasteiger partial charge in [-0.3, -0.25) is 4.79 Å². The van der Waals surface area contributed by atoms with Crippen LogP contribution in [0.1, 0.15) is 66.7 Å². The summed E-state index contributed by atoms with van der Waals surface area (Å²) in [6, 6.07) is 18.3. The molecule has 0 saturated carbocycles. The van der Waals surface area contributed by atoms with Gasteiger partial charge in [0.1, 0.15) is 5.60 Å². The van der Waals surface area contributed by atoms with Gasteiger partial charge < -0.3 is 14.5 Å². The number of rotatable bonds is 3. The van der Waals surface area contributed by atoms with Crippen LogP contribution in [0.2, 0.25) is 0 Å². The lowest BCUT2D eigenvalue weighted by molar-refractivity contribution is 0.0203. The van der Waals surface area contributed by atoms with Crippen LogP contribution in [0.4, 0.5) is 4.79 Å². The second-order valence-corrected chi connectivity index (χ2v) is 10.7. The quantitative estimate of drug-likeness (QED) is 0.511. The van der Waals surface area contributed by atoms with Gasteiger partial charge in [-0.1, -0.05) is 42.5 Å². The molecule has 0 aliphatic carbocycles. The average molecular weight is 487 g/mol. The Morgan fingerprint density at radius 3 is 2.25 bits per heavy atom. The fourth-order valence-corrected chi connectivity index (χ4v) is 5.19. The minimum Gasteiger partial charge on any atom is -0.444 e. The third-order valence-electron chi connectivity index (χ3n) is 6.99. The van der Waals surface area contributed by atoms with E-state index in [0.717, 1.165) is 30.6 Å². The predicted molar refractivity (Wildman–Crippen MR) is 138 cm³/mol. The van der Waals surface area contributed by atoms with Crippen LogP contribution < -0.4 is 0 Å². The minimum absolute atomic E-state index is 0.0243. The Hall–Kier alpha value is -3.61. The van der Waals surface area contributed by atoms with Gasteiger partial charge in [-0.05, 0) is 63.3 Å². The van der Waals surface area contributed by atoms with Gasteiger partial charge in [0, 0.05) is 32.1 Å². The molecular formula is C29H34N4O3. The van der Waals surface area contributed by atoms with Crippen LogP contribution >= 0.6 is 0 Å². The zero-order chi connectivity index (χ0) is 25.3. The summed E-state index contributed by atoms with van der Waals surface area (Å²) in [5, 5.41) is 4.69. The van der Waals surface area contributed by atoms with Crippen molar-refractivity contribution in [3.05, 3.63) is 83.2 Å². The summed E-state index contributed by atoms with van der Waals surface area (Å²) in [5.74, 6) is 0.138. The number of benzene rings is 2. The highest BCUT2D eigenvalue weighted by molar-refractivity contribution is 5.95. The number of carbonyl (C=O) groups excluding carboxylic acids is 2. The minimum atomic E-state index is -0.521. The van der Waals surface area contributed by atoms with E-state index >= 15 is 0 Å². The number of amides is 2. The lowest BCUT2D eigenvalue weighted by atomic mass is 9.90. The summed E-state index contributed by atoms with van der Waals surface area (Å²) in [5.41, 5.74) is 4.54. The molecule has 2 aromatic carbocycles. The Morgan fingerprint density at radius 1 is 0.889 bits per heavy atom. The van der Waals surface area contributed by atoms with Crippen LogP contribution in [0.15, 0.2) is 60.8 Å². The molecule has 7 nitrogen and oxygen atoms in total. The van der Waals surface area contributed by atoms with Crippen molar-refractivity contribution in [2.24, 2.45) is 0 Å². The smallest absolute Gasteiger partial charge is 0.410 e. The second-order valence-electron chi connectivity index (χ2n) is 10.7. The normalized spacial score (nSPS) is 16.5. The fourth-order valence-electron chi connectivity index (χ4n) is 5.19. The van der Waals surface area contributed by atoms with E-state index in [1.807, 2.05) is 66.8 Å². The zero-order valence-electron chi connectivity index (χ0n) is 21.3. The molecule has 0 spiro atoms. The van der Waals surface area contributed by atoms with Crippen molar-refractivity contribution < 1.29 is 14.3 Å². The predicted octanol–water partition coefficient (Wildman–Crippen LogP) is 5.19. The van der Waals surface area contributed by atoms with Crippen LogP contribution in [-0.4, -0.2) is 56.8 Å². The average Bonchev–Trinajstić information content (AvgIpc) is 3.33. The van der Waals surface area contributed by atoms with Crippen LogP contribution in [0, 0.1) is 0 Å². The number of nitrogens with zero attached hydrogens (tertiary/aromatic N) is 4. The van der Waals surface area contributed by atoms with Crippen LogP contribution in [0.5, 0.6) is 0 Å². The van der Waals surface area contributed by atoms with E-state index < -0.39 is 5.60 Å². The maximum atomic E-state index is 13.8. The van der Waals surface area contributed by atoms with Crippen molar-refractivity contribution in [3.8, 4) is 5.69 Å². The van der Waals surface area contributed by atoms with Gasteiger partial charge in [0.15, 0.2) is 0 Å². The topological polar surface area (TPSA) is 67.7 Å². The zero-order valence-corrected chi connectivity index (χ0v) is 21.3. The molecule has 0 radical (unpaired) electrons. The summed E-state index contributed by atoms with van der Waals surface area (Å²) >= 11 is 0. The molecule has 2 aliphatic heterocycles. The Labute approximate surface area is 212 Å². The largest absolute Gasteiger partial charge is 0.444 e. The molecule has 2 amide bonds. The molecule has 2 aliphatic rings. The van der Waals surface area contributed by atoms with Gasteiger partial charge in [0.25, 0.3) is 5.91 Å². The Bertz CT molecular complexity index is 1240. The molecule has 5 rings (SSSR count). The number of para-hydroxylation sites is 1. The highest BCUT2D eigenvalue weighted by atomic mass is 16.6. The number of hydrogen-bond donors (Lipinski definition) is 0. The third-order valence-corrected chi connectivity index (χ3v) is 6.99. The van der Waals surface area contributed by atoms with Gasteiger partial charge in [-0.25, -0.2) is 9.48 Å². The third kappa shape index (κ3) is 5.01. The number of fused-ring (bicyclic) bond motifs is 1. The molecule has 3 aromatic rings. The van der Waals surface area contributed by atoms with Crippen LogP contribution in [-0.2, 0) is 17.7 Å². The molecule has 36 heavy (non-hydrogen) atoms. The van der Waals surface area contributed by atoms with Crippen molar-refractivity contribution in [2.75, 3.05) is 19.6 Å². The molecule has 0 atom stereocenters. The first kappa shape index (κ1) is 24.1. The van der Waals surface area contributed by atoms with Gasteiger partial charge in [0.2, 0.25) is 0 Å². The molecule has 3 heterocycles. The first-order valence-corrected chi connectivity index (χ1v) is 12.8. The van der Waals surface area contributed by atoms with Crippen molar-refractivity contribution in [1.82, 2.24) is 19.6 Å². The van der Waals surface area contributed by atoms with E-state index in [1.54, 1.807) is 11.1 Å². The first-order valence-electron chi connectivity index (χ1n) is 12.8. The van der Waals surface area contributed by atoms with E-state index in [1.165, 1.54) is 11.1 Å². The van der Waals surface area contributed by atoms with Gasteiger partial charge in [-0.2, -0.15) is 5.10 Å². The molecule has 188 valence electrons. The number of likely N-dealkylation sites (tertiary alicyclic amines) is 1. The molecule has 1 fully saturated rings. The van der Waals surface area contributed by atoms with E-state index in [4.69, 9.17) is 4.74 Å². The van der Waals surface area contributed by atoms with Crippen molar-refractivity contribution in [1.29, 1.82) is 0 Å². The summed E-state index contributed by atoms with van der Waals surface area (Å²) in [4.78, 5) is 30.1. The van der Waals surface area contributed by atoms with E-state index in [2.05, 4.69) is 23.3 Å². The summed E-state index contributed by atoms with van der Waals surface area (Å²) in [6.45, 7) is 8.13. The SMILES string of the molecule is CC(C)(C)OC(=O)N1CCC(c2c(C(=O)N3CCc4ccccc4C3)cnn2-c2ccccc2)CC1. The number of carbonyl (C=O) groups is 2. The van der Waals surface area contributed by atoms with Gasteiger partial charge in [0.05, 0.1) is 23.1 Å². The lowest BCUT2D eigenvalue weighted by Gasteiger charge is -2.34. The number of ether oxygens (including phenoxy) is 1. The van der Waals surface area contributed by atoms with Crippen molar-refractivity contribution in [3.63, 3.8) is 0 Å². The Balaban J connectivity index is 1.41. The number of aromatic nitrogens is 2. The summed E-state index contributed by atoms with van der Waals surface area (Å²) in [7, 11) is 0. The second kappa shape index (κ2) is 9.80. The summed E-state index contributed by atoms with van der Waals surface area (Å²) in [6.07, 6.45) is 3.81. The maximum Gasteiger partial charge on any atom is 0.410 e. The van der Waals surface area contributed by atoms with Crippen LogP contribution in [0.25, 0.3) is 5.69 Å². The van der Waals surface area contributed by atoms with Gasteiger partial charge >= 0.3 is 6.09 Å². The lowest BCUT2D eigenvalue weighted by Crippen LogP contribution is -2.42.